The van der Waals surface area contributed by atoms with Crippen molar-refractivity contribution in [3.63, 3.8) is 0 Å². The standard InChI is InChI=1S/C26H28N8O.C21H26N4O2.C16H18N4/c1-32-15-20(14-31-32)19-5-4-6-21(13-19)26(16-27)8-10-33(11-9-26)24-23-25(29-17-28-24)34(18-30-23)22-7-2-3-12-35-22;1-20(2,3)27-19(26)25-10-8-21(15-22,9-11-25)18-7-5-6-16(12-18)17-13-23-24(4)14-17;1-20-11-14(10-19-20)13-3-2-4-15(9-13)16(12-17)5-7-18-8-6-16/h4-6,13-15,17-18,22H,2-3,7-12H2,1H3;5-7,12-14H,8-11H2,1-4H3;2-4,9-11,18H,5-8H2,1H3. The summed E-state index contributed by atoms with van der Waals surface area (Å²) in [5.74, 6) is 0.834. The molecule has 12 rings (SSSR count). The molecular weight excluding hydrogens is 1030 g/mol. The van der Waals surface area contributed by atoms with Crippen molar-refractivity contribution in [2.45, 2.75) is 107 Å². The quantitative estimate of drug-likeness (QED) is 0.150. The SMILES string of the molecule is Cn1cc(-c2cccc(C3(C#N)CCN(C(=O)OC(C)(C)C)CC3)c2)cn1.Cn1cc(-c2cccc(C3(C#N)CCN(c4ncnc5c4ncn5C4CCCCO4)CC3)c2)cn1.Cn1cc(-c2cccc(C3(C#N)CCNCC3)c2)cn1. The first kappa shape index (κ1) is 56.6. The van der Waals surface area contributed by atoms with Crippen LogP contribution in [0.1, 0.15) is 101 Å². The largest absolute Gasteiger partial charge is 0.444 e. The number of imidazole rings is 1. The Labute approximate surface area is 479 Å². The number of nitrogens with zero attached hydrogens (tertiary/aromatic N) is 15. The van der Waals surface area contributed by atoms with Crippen LogP contribution in [0.2, 0.25) is 0 Å². The lowest BCUT2D eigenvalue weighted by Crippen LogP contribution is -2.46. The van der Waals surface area contributed by atoms with E-state index in [9.17, 15) is 20.6 Å². The Hall–Kier alpha value is -8.70. The number of benzene rings is 3. The number of aryl methyl sites for hydroxylation is 3. The first-order valence-electron chi connectivity index (χ1n) is 28.4. The number of nitriles is 3. The smallest absolute Gasteiger partial charge is 0.410 e. The van der Waals surface area contributed by atoms with Gasteiger partial charge in [0, 0.05) is 89.2 Å². The Morgan fingerprint density at radius 1 is 0.634 bits per heavy atom. The molecule has 0 saturated carbocycles. The molecule has 0 aliphatic carbocycles. The number of carbonyl (C=O) groups is 1. The number of piperidine rings is 3. The summed E-state index contributed by atoms with van der Waals surface area (Å²) >= 11 is 0. The van der Waals surface area contributed by atoms with Crippen LogP contribution in [0, 0.1) is 34.0 Å². The van der Waals surface area contributed by atoms with Crippen LogP contribution in [0.25, 0.3) is 44.5 Å². The van der Waals surface area contributed by atoms with E-state index < -0.39 is 16.4 Å². The van der Waals surface area contributed by atoms with Gasteiger partial charge in [-0.3, -0.25) is 18.6 Å². The highest BCUT2D eigenvalue weighted by molar-refractivity contribution is 5.83. The molecule has 9 heterocycles. The van der Waals surface area contributed by atoms with E-state index in [4.69, 9.17) is 9.47 Å². The first-order valence-corrected chi connectivity index (χ1v) is 28.4. The molecule has 1 amide bonds. The van der Waals surface area contributed by atoms with Crippen molar-refractivity contribution >= 4 is 23.1 Å². The van der Waals surface area contributed by atoms with Crippen molar-refractivity contribution in [2.75, 3.05) is 50.8 Å². The van der Waals surface area contributed by atoms with Crippen LogP contribution in [0.5, 0.6) is 0 Å². The van der Waals surface area contributed by atoms with Crippen molar-refractivity contribution in [3.05, 3.63) is 139 Å². The normalized spacial score (nSPS) is 18.4. The Balaban J connectivity index is 0.000000143. The Bertz CT molecular complexity index is 3630. The first-order chi connectivity index (χ1) is 39.6. The van der Waals surface area contributed by atoms with Crippen molar-refractivity contribution in [1.82, 2.24) is 59.1 Å². The highest BCUT2D eigenvalue weighted by Crippen LogP contribution is 2.41. The van der Waals surface area contributed by atoms with E-state index in [1.165, 1.54) is 0 Å². The van der Waals surface area contributed by atoms with Gasteiger partial charge in [-0.25, -0.2) is 19.7 Å². The molecule has 3 aromatic carbocycles. The number of rotatable bonds is 8. The van der Waals surface area contributed by atoms with Gasteiger partial charge >= 0.3 is 6.09 Å². The number of ether oxygens (including phenoxy) is 2. The topological polar surface area (TPSA) is 222 Å². The van der Waals surface area contributed by atoms with Gasteiger partial charge in [-0.1, -0.05) is 54.6 Å². The molecule has 4 saturated heterocycles. The second-order valence-corrected chi connectivity index (χ2v) is 23.1. The number of fused-ring (bicyclic) bond motifs is 1. The fourth-order valence-electron chi connectivity index (χ4n) is 11.7. The molecule has 0 radical (unpaired) electrons. The molecule has 8 aromatic rings. The predicted octanol–water partition coefficient (Wildman–Crippen LogP) is 10.1. The third kappa shape index (κ3) is 12.3. The van der Waals surface area contributed by atoms with E-state index in [2.05, 4.69) is 101 Å². The number of hydrogen-bond acceptors (Lipinski definition) is 14. The van der Waals surface area contributed by atoms with Crippen molar-refractivity contribution < 1.29 is 14.3 Å². The minimum absolute atomic E-state index is 0.0174. The lowest BCUT2D eigenvalue weighted by atomic mass is 9.73. The summed E-state index contributed by atoms with van der Waals surface area (Å²) in [7, 11) is 5.71. The molecule has 1 N–H and O–H groups in total. The van der Waals surface area contributed by atoms with Crippen molar-refractivity contribution in [1.29, 1.82) is 15.8 Å². The van der Waals surface area contributed by atoms with E-state index in [0.29, 0.717) is 25.9 Å². The number of anilines is 1. The van der Waals surface area contributed by atoms with Gasteiger partial charge < -0.3 is 24.6 Å². The number of amides is 1. The molecule has 0 spiro atoms. The van der Waals surface area contributed by atoms with Gasteiger partial charge in [0.05, 0.1) is 59.4 Å². The molecule has 0 bridgehead atoms. The second kappa shape index (κ2) is 24.2. The lowest BCUT2D eigenvalue weighted by Gasteiger charge is -2.38. The van der Waals surface area contributed by atoms with E-state index in [-0.39, 0.29) is 17.7 Å². The average Bonchev–Trinajstić information content (AvgIpc) is 4.37. The molecule has 19 nitrogen and oxygen atoms in total. The van der Waals surface area contributed by atoms with E-state index in [1.807, 2.05) is 120 Å². The monoisotopic (exact) mass is 1100 g/mol. The summed E-state index contributed by atoms with van der Waals surface area (Å²) < 4.78 is 18.8. The van der Waals surface area contributed by atoms with E-state index >= 15 is 0 Å². The maximum absolute atomic E-state index is 12.3. The molecule has 4 aliphatic heterocycles. The molecule has 82 heavy (non-hydrogen) atoms. The molecule has 1 unspecified atom stereocenters. The Morgan fingerprint density at radius 2 is 1.11 bits per heavy atom. The number of aromatic nitrogens is 10. The van der Waals surface area contributed by atoms with Gasteiger partial charge in [0.1, 0.15) is 18.2 Å². The summed E-state index contributed by atoms with van der Waals surface area (Å²) in [4.78, 5) is 30.0. The van der Waals surface area contributed by atoms with Gasteiger partial charge in [0.25, 0.3) is 0 Å². The fourth-order valence-corrected chi connectivity index (χ4v) is 11.7. The minimum Gasteiger partial charge on any atom is -0.444 e. The third-order valence-electron chi connectivity index (χ3n) is 16.4. The van der Waals surface area contributed by atoms with Crippen LogP contribution < -0.4 is 10.2 Å². The van der Waals surface area contributed by atoms with Crippen LogP contribution in [-0.2, 0) is 46.9 Å². The van der Waals surface area contributed by atoms with Gasteiger partial charge in [-0.05, 0) is 143 Å². The van der Waals surface area contributed by atoms with Gasteiger partial charge in [-0.2, -0.15) is 31.1 Å². The van der Waals surface area contributed by atoms with Crippen LogP contribution in [0.15, 0.2) is 123 Å². The summed E-state index contributed by atoms with van der Waals surface area (Å²) in [5.41, 5.74) is 9.25. The predicted molar refractivity (Wildman–Crippen MR) is 313 cm³/mol. The van der Waals surface area contributed by atoms with Crippen molar-refractivity contribution in [2.24, 2.45) is 21.1 Å². The molecule has 1 atom stereocenters. The number of carbonyl (C=O) groups excluding carboxylic acids is 1. The molecule has 422 valence electrons. The lowest BCUT2D eigenvalue weighted by molar-refractivity contribution is -0.0298. The van der Waals surface area contributed by atoms with Gasteiger partial charge in [-0.15, -0.1) is 0 Å². The number of hydrogen-bond donors (Lipinski definition) is 1. The van der Waals surface area contributed by atoms with E-state index in [0.717, 1.165) is 145 Å². The zero-order valence-electron chi connectivity index (χ0n) is 47.9. The molecular formula is C63H72N16O3. The van der Waals surface area contributed by atoms with E-state index in [1.54, 1.807) is 25.3 Å². The van der Waals surface area contributed by atoms with Crippen LogP contribution in [0.4, 0.5) is 10.6 Å². The summed E-state index contributed by atoms with van der Waals surface area (Å²) in [6.07, 6.45) is 22.2. The summed E-state index contributed by atoms with van der Waals surface area (Å²) in [5, 5.41) is 46.0. The third-order valence-corrected chi connectivity index (χ3v) is 16.4. The number of nitrogens with one attached hydrogen (secondary N) is 1. The number of likely N-dealkylation sites (tertiary alicyclic amines) is 1. The average molecular weight is 1100 g/mol. The summed E-state index contributed by atoms with van der Waals surface area (Å²) in [6.45, 7) is 10.6. The maximum Gasteiger partial charge on any atom is 0.410 e. The molecule has 5 aromatic heterocycles. The molecule has 4 aliphatic rings. The zero-order chi connectivity index (χ0) is 57.5. The van der Waals surface area contributed by atoms with Gasteiger partial charge in [0.2, 0.25) is 0 Å². The Morgan fingerprint density at radius 3 is 1.54 bits per heavy atom. The van der Waals surface area contributed by atoms with Crippen LogP contribution in [0.3, 0.4) is 0 Å². The Kier molecular flexibility index (Phi) is 16.7. The van der Waals surface area contributed by atoms with Gasteiger partial charge in [0.15, 0.2) is 17.0 Å². The second-order valence-electron chi connectivity index (χ2n) is 23.1. The summed E-state index contributed by atoms with van der Waals surface area (Å²) in [6, 6.07) is 32.5. The fraction of sp³-hybridized carbons (Fsp3) is 0.429. The highest BCUT2D eigenvalue weighted by atomic mass is 16.6. The minimum atomic E-state index is -0.587. The molecule has 4 fully saturated rings. The molecule has 19 heteroatoms. The highest BCUT2D eigenvalue weighted by Gasteiger charge is 2.40. The van der Waals surface area contributed by atoms with Crippen LogP contribution in [-0.4, -0.2) is 111 Å². The van der Waals surface area contributed by atoms with Crippen molar-refractivity contribution in [3.8, 4) is 51.6 Å². The zero-order valence-corrected chi connectivity index (χ0v) is 47.9. The van der Waals surface area contributed by atoms with Crippen LogP contribution >= 0.6 is 0 Å². The maximum atomic E-state index is 12.3.